The number of anilines is 1. The number of rotatable bonds is 4. The van der Waals surface area contributed by atoms with Gasteiger partial charge in [0.2, 0.25) is 11.0 Å². The van der Waals surface area contributed by atoms with E-state index >= 15 is 0 Å². The molecule has 2 heterocycles. The normalized spacial score (nSPS) is 14.0. The number of nitrogens with one attached hydrogen (secondary N) is 1. The van der Waals surface area contributed by atoms with Crippen LogP contribution in [0.15, 0.2) is 16.7 Å². The predicted octanol–water partition coefficient (Wildman–Crippen LogP) is 2.16. The molecule has 0 radical (unpaired) electrons. The molecule has 1 fully saturated rings. The third-order valence-corrected chi connectivity index (χ3v) is 3.17. The molecule has 1 aliphatic rings. The number of nitrogens with zero attached hydrogens (tertiary/aromatic N) is 4. The van der Waals surface area contributed by atoms with Crippen molar-refractivity contribution in [2.75, 3.05) is 5.32 Å². The number of nitro groups is 1. The Morgan fingerprint density at radius 2 is 2.24 bits per heavy atom. The van der Waals surface area contributed by atoms with E-state index < -0.39 is 16.5 Å². The number of carbonyl (C=O) groups excluding carboxylic acids is 1. The first-order valence-electron chi connectivity index (χ1n) is 6.00. The maximum Gasteiger partial charge on any atom is 0.322 e. The first-order chi connectivity index (χ1) is 10.1. The summed E-state index contributed by atoms with van der Waals surface area (Å²) in [5.41, 5.74) is -0.801. The molecule has 108 valence electrons. The lowest BCUT2D eigenvalue weighted by Crippen LogP contribution is -2.14. The lowest BCUT2D eigenvalue weighted by atomic mass is 10.2. The molecule has 0 saturated heterocycles. The lowest BCUT2D eigenvalue weighted by Gasteiger charge is -2.02. The second kappa shape index (κ2) is 5.09. The van der Waals surface area contributed by atoms with E-state index in [1.807, 2.05) is 0 Å². The molecule has 3 rings (SSSR count). The molecular weight excluding hydrogens is 302 g/mol. The molecule has 0 bridgehead atoms. The zero-order valence-corrected chi connectivity index (χ0v) is 11.2. The molecule has 9 nitrogen and oxygen atoms in total. The molecule has 21 heavy (non-hydrogen) atoms. The summed E-state index contributed by atoms with van der Waals surface area (Å²) in [7, 11) is 0. The van der Waals surface area contributed by atoms with E-state index in [4.69, 9.17) is 16.0 Å². The predicted molar refractivity (Wildman–Crippen MR) is 70.1 cm³/mol. The van der Waals surface area contributed by atoms with E-state index in [0.717, 1.165) is 12.8 Å². The summed E-state index contributed by atoms with van der Waals surface area (Å²) in [6.07, 6.45) is 3.15. The summed E-state index contributed by atoms with van der Waals surface area (Å²) in [6.45, 7) is 0. The van der Waals surface area contributed by atoms with Gasteiger partial charge in [-0.25, -0.2) is 4.98 Å². The van der Waals surface area contributed by atoms with Gasteiger partial charge in [-0.1, -0.05) is 16.7 Å². The second-order valence-electron chi connectivity index (χ2n) is 4.43. The van der Waals surface area contributed by atoms with E-state index in [1.54, 1.807) is 0 Å². The van der Waals surface area contributed by atoms with Crippen LogP contribution in [0.5, 0.6) is 0 Å². The minimum Gasteiger partial charge on any atom is -0.408 e. The molecule has 0 spiro atoms. The van der Waals surface area contributed by atoms with Crippen molar-refractivity contribution in [1.29, 1.82) is 0 Å². The number of hydrogen-bond donors (Lipinski definition) is 1. The highest BCUT2D eigenvalue weighted by Crippen LogP contribution is 2.39. The molecule has 1 aliphatic carbocycles. The van der Waals surface area contributed by atoms with Gasteiger partial charge < -0.3 is 4.42 Å². The minimum absolute atomic E-state index is 0.107. The smallest absolute Gasteiger partial charge is 0.322 e. The van der Waals surface area contributed by atoms with Gasteiger partial charge in [-0.2, -0.15) is 0 Å². The number of carbonyl (C=O) groups is 1. The van der Waals surface area contributed by atoms with Crippen LogP contribution in [0.3, 0.4) is 0 Å². The van der Waals surface area contributed by atoms with Crippen molar-refractivity contribution in [2.45, 2.75) is 18.8 Å². The molecule has 2 aromatic rings. The summed E-state index contributed by atoms with van der Waals surface area (Å²) in [4.78, 5) is 25.8. The average molecular weight is 310 g/mol. The van der Waals surface area contributed by atoms with Crippen LogP contribution in [0.4, 0.5) is 11.7 Å². The molecule has 1 saturated carbocycles. The van der Waals surface area contributed by atoms with Crippen molar-refractivity contribution in [3.05, 3.63) is 39.0 Å². The summed E-state index contributed by atoms with van der Waals surface area (Å²) >= 11 is 5.64. The van der Waals surface area contributed by atoms with Gasteiger partial charge in [-0.05, 0) is 18.9 Å². The molecule has 0 aliphatic heterocycles. The topological polar surface area (TPSA) is 124 Å². The molecule has 1 N–H and O–H groups in total. The lowest BCUT2D eigenvalue weighted by molar-refractivity contribution is -0.385. The van der Waals surface area contributed by atoms with Crippen LogP contribution in [0.25, 0.3) is 0 Å². The van der Waals surface area contributed by atoms with Crippen molar-refractivity contribution in [3.63, 3.8) is 0 Å². The Morgan fingerprint density at radius 1 is 1.48 bits per heavy atom. The van der Waals surface area contributed by atoms with E-state index in [0.29, 0.717) is 5.89 Å². The standard InChI is InChI=1S/C11H8ClN5O4/c12-8-7(17(19)20)6(3-4-13-8)9(18)14-11-16-15-10(21-11)5-1-2-5/h3-5H,1-2H2,(H,14,16,18). The third kappa shape index (κ3) is 2.68. The van der Waals surface area contributed by atoms with Gasteiger partial charge in [0, 0.05) is 12.1 Å². The van der Waals surface area contributed by atoms with Gasteiger partial charge in [0.25, 0.3) is 5.91 Å². The van der Waals surface area contributed by atoms with Gasteiger partial charge in [0.15, 0.2) is 0 Å². The van der Waals surface area contributed by atoms with E-state index in [-0.39, 0.29) is 22.6 Å². The van der Waals surface area contributed by atoms with Crippen molar-refractivity contribution in [2.24, 2.45) is 0 Å². The largest absolute Gasteiger partial charge is 0.408 e. The monoisotopic (exact) mass is 309 g/mol. The van der Waals surface area contributed by atoms with Gasteiger partial charge in [-0.3, -0.25) is 20.2 Å². The Morgan fingerprint density at radius 3 is 2.90 bits per heavy atom. The van der Waals surface area contributed by atoms with Gasteiger partial charge in [0.1, 0.15) is 5.56 Å². The first-order valence-corrected chi connectivity index (χ1v) is 6.37. The highest BCUT2D eigenvalue weighted by atomic mass is 35.5. The zero-order chi connectivity index (χ0) is 15.0. The third-order valence-electron chi connectivity index (χ3n) is 2.89. The number of hydrogen-bond acceptors (Lipinski definition) is 7. The molecule has 2 aromatic heterocycles. The van der Waals surface area contributed by atoms with Gasteiger partial charge in [-0.15, -0.1) is 5.10 Å². The number of aromatic nitrogens is 3. The molecule has 0 aromatic carbocycles. The summed E-state index contributed by atoms with van der Waals surface area (Å²) in [6, 6.07) is 1.08. The fourth-order valence-corrected chi connectivity index (χ4v) is 1.96. The number of amides is 1. The van der Waals surface area contributed by atoms with Crippen molar-refractivity contribution >= 4 is 29.2 Å². The van der Waals surface area contributed by atoms with Crippen LogP contribution in [-0.2, 0) is 0 Å². The Hall–Kier alpha value is -2.55. The van der Waals surface area contributed by atoms with Crippen LogP contribution in [0, 0.1) is 10.1 Å². The molecule has 0 atom stereocenters. The van der Waals surface area contributed by atoms with Crippen LogP contribution in [0.2, 0.25) is 5.15 Å². The Kier molecular flexibility index (Phi) is 3.26. The molecular formula is C11H8ClN5O4. The van der Waals surface area contributed by atoms with Gasteiger partial charge in [0.05, 0.1) is 4.92 Å². The van der Waals surface area contributed by atoms with E-state index in [9.17, 15) is 14.9 Å². The average Bonchev–Trinajstić information content (AvgIpc) is 3.19. The van der Waals surface area contributed by atoms with Crippen molar-refractivity contribution in [1.82, 2.24) is 15.2 Å². The first kappa shape index (κ1) is 13.4. The van der Waals surface area contributed by atoms with Gasteiger partial charge >= 0.3 is 11.7 Å². The zero-order valence-electron chi connectivity index (χ0n) is 10.4. The fourth-order valence-electron chi connectivity index (χ4n) is 1.73. The molecule has 0 unspecified atom stereocenters. The number of pyridine rings is 1. The van der Waals surface area contributed by atoms with Crippen molar-refractivity contribution in [3.8, 4) is 0 Å². The number of halogens is 1. The molecule has 1 amide bonds. The Bertz CT molecular complexity index is 727. The highest BCUT2D eigenvalue weighted by molar-refractivity contribution is 6.32. The second-order valence-corrected chi connectivity index (χ2v) is 4.79. The van der Waals surface area contributed by atoms with Crippen LogP contribution in [-0.4, -0.2) is 26.0 Å². The fraction of sp³-hybridized carbons (Fsp3) is 0.273. The summed E-state index contributed by atoms with van der Waals surface area (Å²) in [5.74, 6) is -0.0718. The maximum atomic E-state index is 12.1. The summed E-state index contributed by atoms with van der Waals surface area (Å²) in [5, 5.41) is 20.4. The SMILES string of the molecule is O=C(Nc1nnc(C2CC2)o1)c1ccnc(Cl)c1[N+](=O)[O-]. The van der Waals surface area contributed by atoms with Crippen LogP contribution in [0.1, 0.15) is 35.0 Å². The van der Waals surface area contributed by atoms with E-state index in [2.05, 4.69) is 20.5 Å². The maximum absolute atomic E-state index is 12.1. The Balaban J connectivity index is 1.84. The Labute approximate surface area is 122 Å². The summed E-state index contributed by atoms with van der Waals surface area (Å²) < 4.78 is 5.26. The highest BCUT2D eigenvalue weighted by Gasteiger charge is 2.30. The quantitative estimate of drug-likeness (QED) is 0.521. The molecule has 10 heteroatoms. The minimum atomic E-state index is -0.770. The van der Waals surface area contributed by atoms with Crippen LogP contribution < -0.4 is 5.32 Å². The van der Waals surface area contributed by atoms with Crippen molar-refractivity contribution < 1.29 is 14.1 Å². The van der Waals surface area contributed by atoms with Crippen LogP contribution >= 0.6 is 11.6 Å². The van der Waals surface area contributed by atoms with E-state index in [1.165, 1.54) is 12.3 Å².